The van der Waals surface area contributed by atoms with E-state index < -0.39 is 0 Å². The van der Waals surface area contributed by atoms with E-state index >= 15 is 0 Å². The maximum Gasteiger partial charge on any atom is 0.140 e. The average Bonchev–Trinajstić information content (AvgIpc) is 3.30. The average molecular weight is 425 g/mol. The van der Waals surface area contributed by atoms with E-state index in [0.717, 1.165) is 66.7 Å². The predicted octanol–water partition coefficient (Wildman–Crippen LogP) is 4.54. The van der Waals surface area contributed by atoms with Crippen molar-refractivity contribution in [2.75, 3.05) is 36.0 Å². The number of hydrogen-bond acceptors (Lipinski definition) is 8. The molecule has 0 radical (unpaired) electrons. The molecular formula is C21H24N6S2. The highest BCUT2D eigenvalue weighted by molar-refractivity contribution is 7.19. The van der Waals surface area contributed by atoms with E-state index in [9.17, 15) is 0 Å². The van der Waals surface area contributed by atoms with Crippen LogP contribution in [0.25, 0.3) is 20.4 Å². The highest BCUT2D eigenvalue weighted by Crippen LogP contribution is 2.33. The molecule has 5 rings (SSSR count). The third-order valence-corrected chi connectivity index (χ3v) is 7.89. The van der Waals surface area contributed by atoms with Gasteiger partial charge in [0.1, 0.15) is 34.0 Å². The van der Waals surface area contributed by atoms with E-state index in [1.54, 1.807) is 35.3 Å². The minimum absolute atomic E-state index is 0.930. The third kappa shape index (κ3) is 3.44. The number of aryl methyl sites for hydroxylation is 2. The van der Waals surface area contributed by atoms with Crippen LogP contribution in [-0.2, 0) is 12.8 Å². The molecular weight excluding hydrogens is 400 g/mol. The smallest absolute Gasteiger partial charge is 0.140 e. The quantitative estimate of drug-likeness (QED) is 0.479. The van der Waals surface area contributed by atoms with E-state index in [-0.39, 0.29) is 0 Å². The SMILES string of the molecule is CCc1cc2c(N3CCCN(c4ncnc5sc(CC)cc45)CC3)ncnc2s1. The van der Waals surface area contributed by atoms with Gasteiger partial charge in [-0.1, -0.05) is 13.8 Å². The molecule has 29 heavy (non-hydrogen) atoms. The summed E-state index contributed by atoms with van der Waals surface area (Å²) in [7, 11) is 0. The second-order valence-corrected chi connectivity index (χ2v) is 9.52. The molecule has 5 heterocycles. The van der Waals surface area contributed by atoms with Gasteiger partial charge in [-0.25, -0.2) is 19.9 Å². The lowest BCUT2D eigenvalue weighted by molar-refractivity contribution is 0.796. The summed E-state index contributed by atoms with van der Waals surface area (Å²) in [6, 6.07) is 4.53. The minimum atomic E-state index is 0.930. The second-order valence-electron chi connectivity index (χ2n) is 7.29. The van der Waals surface area contributed by atoms with Gasteiger partial charge in [0.25, 0.3) is 0 Å². The number of nitrogens with zero attached hydrogens (tertiary/aromatic N) is 6. The predicted molar refractivity (Wildman–Crippen MR) is 123 cm³/mol. The topological polar surface area (TPSA) is 58.0 Å². The van der Waals surface area contributed by atoms with E-state index in [1.807, 2.05) is 0 Å². The number of aromatic nitrogens is 4. The minimum Gasteiger partial charge on any atom is -0.354 e. The highest BCUT2D eigenvalue weighted by atomic mass is 32.1. The molecule has 0 aromatic carbocycles. The van der Waals surface area contributed by atoms with Crippen LogP contribution >= 0.6 is 22.7 Å². The van der Waals surface area contributed by atoms with Crippen molar-refractivity contribution in [2.24, 2.45) is 0 Å². The van der Waals surface area contributed by atoms with Crippen LogP contribution in [0.5, 0.6) is 0 Å². The zero-order valence-electron chi connectivity index (χ0n) is 16.8. The van der Waals surface area contributed by atoms with Gasteiger partial charge in [-0.05, 0) is 31.4 Å². The van der Waals surface area contributed by atoms with Crippen LogP contribution in [0.15, 0.2) is 24.8 Å². The van der Waals surface area contributed by atoms with E-state index in [1.165, 1.54) is 20.5 Å². The molecule has 0 N–H and O–H groups in total. The van der Waals surface area contributed by atoms with Crippen molar-refractivity contribution in [2.45, 2.75) is 33.1 Å². The van der Waals surface area contributed by atoms with Crippen LogP contribution in [0.2, 0.25) is 0 Å². The van der Waals surface area contributed by atoms with Crippen LogP contribution in [0.1, 0.15) is 30.0 Å². The van der Waals surface area contributed by atoms with Crippen molar-refractivity contribution in [1.82, 2.24) is 19.9 Å². The lowest BCUT2D eigenvalue weighted by Gasteiger charge is -2.24. The first-order valence-corrected chi connectivity index (χ1v) is 11.9. The molecule has 0 amide bonds. The van der Waals surface area contributed by atoms with E-state index in [4.69, 9.17) is 0 Å². The normalized spacial score (nSPS) is 15.4. The molecule has 0 unspecified atom stereocenters. The summed E-state index contributed by atoms with van der Waals surface area (Å²) >= 11 is 3.56. The fourth-order valence-corrected chi connectivity index (χ4v) is 5.84. The van der Waals surface area contributed by atoms with Gasteiger partial charge in [0, 0.05) is 35.9 Å². The van der Waals surface area contributed by atoms with Gasteiger partial charge in [-0.15, -0.1) is 22.7 Å². The molecule has 4 aromatic heterocycles. The summed E-state index contributed by atoms with van der Waals surface area (Å²) in [5.41, 5.74) is 0. The summed E-state index contributed by atoms with van der Waals surface area (Å²) in [4.78, 5) is 28.1. The summed E-state index contributed by atoms with van der Waals surface area (Å²) in [6.07, 6.45) is 6.58. The fraction of sp³-hybridized carbons (Fsp3) is 0.429. The van der Waals surface area contributed by atoms with Crippen molar-refractivity contribution in [3.8, 4) is 0 Å². The Kier molecular flexibility index (Phi) is 5.05. The number of anilines is 2. The zero-order chi connectivity index (χ0) is 19.8. The first-order chi connectivity index (χ1) is 14.3. The van der Waals surface area contributed by atoms with Crippen molar-refractivity contribution in [3.05, 3.63) is 34.5 Å². The van der Waals surface area contributed by atoms with Gasteiger partial charge in [0.15, 0.2) is 0 Å². The third-order valence-electron chi connectivity index (χ3n) is 5.51. The Morgan fingerprint density at radius 3 is 1.66 bits per heavy atom. The molecule has 0 bridgehead atoms. The van der Waals surface area contributed by atoms with Gasteiger partial charge in [-0.3, -0.25) is 0 Å². The Morgan fingerprint density at radius 2 is 1.21 bits per heavy atom. The highest BCUT2D eigenvalue weighted by Gasteiger charge is 2.21. The van der Waals surface area contributed by atoms with Gasteiger partial charge < -0.3 is 9.80 Å². The van der Waals surface area contributed by atoms with Crippen molar-refractivity contribution >= 4 is 54.7 Å². The molecule has 4 aromatic rings. The molecule has 1 aliphatic heterocycles. The summed E-state index contributed by atoms with van der Waals surface area (Å²) in [5, 5.41) is 2.38. The van der Waals surface area contributed by atoms with Gasteiger partial charge in [-0.2, -0.15) is 0 Å². The van der Waals surface area contributed by atoms with E-state index in [0.29, 0.717) is 0 Å². The van der Waals surface area contributed by atoms with Crippen molar-refractivity contribution in [1.29, 1.82) is 0 Å². The van der Waals surface area contributed by atoms with Gasteiger partial charge >= 0.3 is 0 Å². The standard InChI is InChI=1S/C21H24N6S2/c1-3-14-10-16-18(22-12-24-20(16)28-14)26-6-5-7-27(9-8-26)19-17-11-15(4-2)29-21(17)25-13-23-19/h10-13H,3-9H2,1-2H3. The first-order valence-electron chi connectivity index (χ1n) is 10.2. The number of rotatable bonds is 4. The largest absolute Gasteiger partial charge is 0.354 e. The molecule has 0 saturated carbocycles. The molecule has 1 fully saturated rings. The Hall–Kier alpha value is -2.32. The first kappa shape index (κ1) is 18.7. The summed E-state index contributed by atoms with van der Waals surface area (Å²) < 4.78 is 0. The van der Waals surface area contributed by atoms with E-state index in [2.05, 4.69) is 55.7 Å². The van der Waals surface area contributed by atoms with Crippen LogP contribution in [0.4, 0.5) is 11.6 Å². The number of hydrogen-bond donors (Lipinski definition) is 0. The molecule has 0 aliphatic carbocycles. The van der Waals surface area contributed by atoms with Crippen LogP contribution in [0, 0.1) is 0 Å². The maximum absolute atomic E-state index is 4.66. The molecule has 8 heteroatoms. The fourth-order valence-electron chi connectivity index (χ4n) is 3.98. The Balaban J connectivity index is 1.43. The molecule has 0 atom stereocenters. The lowest BCUT2D eigenvalue weighted by atomic mass is 10.3. The molecule has 150 valence electrons. The number of fused-ring (bicyclic) bond motifs is 2. The molecule has 1 saturated heterocycles. The Morgan fingerprint density at radius 1 is 0.724 bits per heavy atom. The van der Waals surface area contributed by atoms with Gasteiger partial charge in [0.05, 0.1) is 10.8 Å². The Labute approximate surface area is 178 Å². The number of thiophene rings is 2. The van der Waals surface area contributed by atoms with Crippen molar-refractivity contribution in [3.63, 3.8) is 0 Å². The maximum atomic E-state index is 4.66. The molecule has 6 nitrogen and oxygen atoms in total. The summed E-state index contributed by atoms with van der Waals surface area (Å²) in [6.45, 7) is 8.24. The molecule has 0 spiro atoms. The second kappa shape index (κ2) is 7.84. The van der Waals surface area contributed by atoms with Crippen LogP contribution < -0.4 is 9.80 Å². The monoisotopic (exact) mass is 424 g/mol. The zero-order valence-corrected chi connectivity index (χ0v) is 18.4. The lowest BCUT2D eigenvalue weighted by Crippen LogP contribution is -2.31. The van der Waals surface area contributed by atoms with Crippen LogP contribution in [-0.4, -0.2) is 46.1 Å². The van der Waals surface area contributed by atoms with Crippen molar-refractivity contribution < 1.29 is 0 Å². The van der Waals surface area contributed by atoms with Crippen LogP contribution in [0.3, 0.4) is 0 Å². The molecule has 1 aliphatic rings. The Bertz CT molecular complexity index is 1060. The summed E-state index contributed by atoms with van der Waals surface area (Å²) in [5.74, 6) is 2.15. The van der Waals surface area contributed by atoms with Gasteiger partial charge in [0.2, 0.25) is 0 Å².